The number of hydrogen-bond donors (Lipinski definition) is 6. The average molecular weight is 505 g/mol. The van der Waals surface area contributed by atoms with Crippen molar-refractivity contribution in [2.45, 2.75) is 76.5 Å². The van der Waals surface area contributed by atoms with Crippen LogP contribution in [0.15, 0.2) is 30.3 Å². The highest BCUT2D eigenvalue weighted by Gasteiger charge is 2.33. The van der Waals surface area contributed by atoms with Crippen LogP contribution in [-0.4, -0.2) is 70.6 Å². The summed E-state index contributed by atoms with van der Waals surface area (Å²) in [6.45, 7) is 4.28. The lowest BCUT2D eigenvalue weighted by Crippen LogP contribution is -2.59. The first-order valence-corrected chi connectivity index (χ1v) is 12.2. The van der Waals surface area contributed by atoms with Crippen molar-refractivity contribution in [3.8, 4) is 0 Å². The van der Waals surface area contributed by atoms with Crippen LogP contribution in [0.5, 0.6) is 0 Å². The highest BCUT2D eigenvalue weighted by Crippen LogP contribution is 2.12. The fourth-order valence-corrected chi connectivity index (χ4v) is 3.98. The minimum Gasteiger partial charge on any atom is -0.481 e. The first-order valence-electron chi connectivity index (χ1n) is 12.2. The third kappa shape index (κ3) is 8.95. The van der Waals surface area contributed by atoms with Gasteiger partial charge >= 0.3 is 11.9 Å². The van der Waals surface area contributed by atoms with Gasteiger partial charge in [-0.1, -0.05) is 50.6 Å². The molecular weight excluding hydrogens is 468 g/mol. The summed E-state index contributed by atoms with van der Waals surface area (Å²) in [4.78, 5) is 61.5. The van der Waals surface area contributed by atoms with Gasteiger partial charge in [0.1, 0.15) is 18.1 Å². The van der Waals surface area contributed by atoms with Gasteiger partial charge in [0, 0.05) is 12.8 Å². The summed E-state index contributed by atoms with van der Waals surface area (Å²) in [7, 11) is 0. The Labute approximate surface area is 210 Å². The van der Waals surface area contributed by atoms with E-state index in [1.165, 1.54) is 0 Å². The monoisotopic (exact) mass is 504 g/mol. The topological polar surface area (TPSA) is 174 Å². The normalized spacial score (nSPS) is 18.3. The minimum atomic E-state index is -1.41. The van der Waals surface area contributed by atoms with Crippen LogP contribution >= 0.6 is 0 Å². The maximum Gasteiger partial charge on any atom is 0.326 e. The van der Waals surface area contributed by atoms with E-state index < -0.39 is 54.3 Å². The molecule has 198 valence electrons. The number of carbonyl (C=O) groups is 5. The van der Waals surface area contributed by atoms with Crippen LogP contribution in [0.1, 0.15) is 51.5 Å². The van der Waals surface area contributed by atoms with Crippen LogP contribution in [0.2, 0.25) is 0 Å². The molecule has 0 spiro atoms. The molecule has 0 aliphatic carbocycles. The van der Waals surface area contributed by atoms with Crippen molar-refractivity contribution >= 4 is 29.7 Å². The molecule has 1 saturated heterocycles. The molecule has 0 bridgehead atoms. The second-order valence-corrected chi connectivity index (χ2v) is 9.10. The van der Waals surface area contributed by atoms with Crippen LogP contribution in [0.25, 0.3) is 0 Å². The standard InChI is InChI=1S/C25H36N4O7/c1-3-15(2)21(24(34)27-18(25(35)36)11-12-20(30)31)29-23(33)19(14-16-8-5-4-6-9-16)28-22(32)17-10-7-13-26-17/h4-6,8-9,15,17-19,21,26H,3,7,10-14H2,1-2H3,(H,27,34)(H,28,32)(H,29,33)(H,30,31)(H,35,36). The van der Waals surface area contributed by atoms with Crippen LogP contribution in [0.3, 0.4) is 0 Å². The van der Waals surface area contributed by atoms with Crippen molar-refractivity contribution in [2.24, 2.45) is 5.92 Å². The van der Waals surface area contributed by atoms with Gasteiger partial charge in [0.05, 0.1) is 6.04 Å². The molecule has 11 heteroatoms. The van der Waals surface area contributed by atoms with Gasteiger partial charge in [0.25, 0.3) is 0 Å². The van der Waals surface area contributed by atoms with Crippen LogP contribution in [0, 0.1) is 5.92 Å². The number of amides is 3. The number of rotatable bonds is 14. The lowest BCUT2D eigenvalue weighted by Gasteiger charge is -2.28. The summed E-state index contributed by atoms with van der Waals surface area (Å²) in [5.74, 6) is -4.49. The average Bonchev–Trinajstić information content (AvgIpc) is 3.39. The van der Waals surface area contributed by atoms with E-state index in [9.17, 15) is 29.1 Å². The predicted molar refractivity (Wildman–Crippen MR) is 131 cm³/mol. The van der Waals surface area contributed by atoms with Gasteiger partial charge in [-0.2, -0.15) is 0 Å². The quantitative estimate of drug-likeness (QED) is 0.211. The summed E-state index contributed by atoms with van der Waals surface area (Å²) in [6.07, 6.45) is 1.51. The number of aliphatic carboxylic acids is 2. The van der Waals surface area contributed by atoms with Crippen molar-refractivity contribution in [3.05, 3.63) is 35.9 Å². The molecule has 1 fully saturated rings. The van der Waals surface area contributed by atoms with E-state index in [2.05, 4.69) is 21.3 Å². The second kappa shape index (κ2) is 14.2. The Hall–Kier alpha value is -3.47. The van der Waals surface area contributed by atoms with Crippen LogP contribution in [-0.2, 0) is 30.4 Å². The van der Waals surface area contributed by atoms with Crippen molar-refractivity contribution in [1.82, 2.24) is 21.3 Å². The summed E-state index contributed by atoms with van der Waals surface area (Å²) in [5.41, 5.74) is 0.821. The molecule has 3 amide bonds. The van der Waals surface area contributed by atoms with E-state index in [1.54, 1.807) is 6.92 Å². The third-order valence-corrected chi connectivity index (χ3v) is 6.35. The fourth-order valence-electron chi connectivity index (χ4n) is 3.98. The number of hydrogen-bond acceptors (Lipinski definition) is 6. The van der Waals surface area contributed by atoms with E-state index in [0.29, 0.717) is 12.8 Å². The van der Waals surface area contributed by atoms with E-state index in [1.807, 2.05) is 37.3 Å². The van der Waals surface area contributed by atoms with E-state index >= 15 is 0 Å². The van der Waals surface area contributed by atoms with Crippen molar-refractivity contribution in [2.75, 3.05) is 6.54 Å². The Morgan fingerprint density at radius 1 is 1.00 bits per heavy atom. The second-order valence-electron chi connectivity index (χ2n) is 9.10. The van der Waals surface area contributed by atoms with Gasteiger partial charge in [-0.05, 0) is 37.3 Å². The van der Waals surface area contributed by atoms with Crippen LogP contribution in [0.4, 0.5) is 0 Å². The number of benzene rings is 1. The van der Waals surface area contributed by atoms with E-state index in [-0.39, 0.29) is 24.7 Å². The molecule has 5 unspecified atom stereocenters. The maximum absolute atomic E-state index is 13.3. The molecule has 1 aromatic carbocycles. The summed E-state index contributed by atoms with van der Waals surface area (Å²) in [6, 6.07) is 5.31. The van der Waals surface area contributed by atoms with Crippen molar-refractivity contribution in [3.63, 3.8) is 0 Å². The first kappa shape index (κ1) is 28.8. The molecule has 1 aromatic rings. The molecule has 1 heterocycles. The van der Waals surface area contributed by atoms with Crippen molar-refractivity contribution < 1.29 is 34.2 Å². The molecule has 0 saturated carbocycles. The number of carboxylic acid groups (broad SMARTS) is 2. The Morgan fingerprint density at radius 3 is 2.25 bits per heavy atom. The Morgan fingerprint density at radius 2 is 1.69 bits per heavy atom. The fraction of sp³-hybridized carbons (Fsp3) is 0.560. The Kier molecular flexibility index (Phi) is 11.3. The van der Waals surface area contributed by atoms with E-state index in [0.717, 1.165) is 18.5 Å². The lowest BCUT2D eigenvalue weighted by atomic mass is 9.96. The molecule has 1 aliphatic rings. The highest BCUT2D eigenvalue weighted by atomic mass is 16.4. The Bertz CT molecular complexity index is 918. The van der Waals surface area contributed by atoms with Gasteiger partial charge in [-0.3, -0.25) is 19.2 Å². The summed E-state index contributed by atoms with van der Waals surface area (Å²) >= 11 is 0. The van der Waals surface area contributed by atoms with Gasteiger partial charge in [-0.25, -0.2) is 4.79 Å². The largest absolute Gasteiger partial charge is 0.481 e. The smallest absolute Gasteiger partial charge is 0.326 e. The third-order valence-electron chi connectivity index (χ3n) is 6.35. The summed E-state index contributed by atoms with van der Waals surface area (Å²) in [5, 5.41) is 29.2. The zero-order valence-electron chi connectivity index (χ0n) is 20.7. The zero-order chi connectivity index (χ0) is 26.7. The number of carboxylic acids is 2. The zero-order valence-corrected chi connectivity index (χ0v) is 20.7. The minimum absolute atomic E-state index is 0.205. The maximum atomic E-state index is 13.3. The lowest BCUT2D eigenvalue weighted by molar-refractivity contribution is -0.143. The molecule has 5 atom stereocenters. The molecule has 6 N–H and O–H groups in total. The molecule has 2 rings (SSSR count). The van der Waals surface area contributed by atoms with Gasteiger partial charge in [0.15, 0.2) is 0 Å². The van der Waals surface area contributed by atoms with Gasteiger partial charge < -0.3 is 31.5 Å². The van der Waals surface area contributed by atoms with Crippen LogP contribution < -0.4 is 21.3 Å². The van der Waals surface area contributed by atoms with E-state index in [4.69, 9.17) is 5.11 Å². The SMILES string of the molecule is CCC(C)C(NC(=O)C(Cc1ccccc1)NC(=O)C1CCCN1)C(=O)NC(CCC(=O)O)C(=O)O. The van der Waals surface area contributed by atoms with Gasteiger partial charge in [0.2, 0.25) is 17.7 Å². The molecule has 1 aliphatic heterocycles. The number of nitrogens with one attached hydrogen (secondary N) is 4. The first-order chi connectivity index (χ1) is 17.1. The Balaban J connectivity index is 2.18. The van der Waals surface area contributed by atoms with Gasteiger partial charge in [-0.15, -0.1) is 0 Å². The molecule has 11 nitrogen and oxygen atoms in total. The summed E-state index contributed by atoms with van der Waals surface area (Å²) < 4.78 is 0. The molecule has 36 heavy (non-hydrogen) atoms. The predicted octanol–water partition coefficient (Wildman–Crippen LogP) is 0.431. The molecule has 0 aromatic heterocycles. The number of carbonyl (C=O) groups excluding carboxylic acids is 3. The highest BCUT2D eigenvalue weighted by molar-refractivity contribution is 5.94. The van der Waals surface area contributed by atoms with Crippen molar-refractivity contribution in [1.29, 1.82) is 0 Å². The molecular formula is C25H36N4O7. The molecule has 0 radical (unpaired) electrons.